The molecule has 1 aromatic carbocycles. The number of nitrogens with one attached hydrogen (secondary N) is 2. The number of hydrogen-bond donors (Lipinski definition) is 2. The van der Waals surface area contributed by atoms with E-state index < -0.39 is 0 Å². The summed E-state index contributed by atoms with van der Waals surface area (Å²) in [5.74, 6) is 0.685. The van der Waals surface area contributed by atoms with Crippen LogP contribution in [0.4, 0.5) is 0 Å². The fourth-order valence-electron chi connectivity index (χ4n) is 1.81. The Bertz CT molecular complexity index is 403. The Balaban J connectivity index is 2.20. The zero-order valence-corrected chi connectivity index (χ0v) is 13.3. The molecule has 0 saturated carbocycles. The molecule has 0 fully saturated rings. The van der Waals surface area contributed by atoms with E-state index >= 15 is 0 Å². The topological polar surface area (TPSA) is 41.1 Å². The van der Waals surface area contributed by atoms with E-state index in [9.17, 15) is 4.79 Å². The third-order valence-corrected chi connectivity index (χ3v) is 3.44. The molecule has 0 aliphatic carbocycles. The van der Waals surface area contributed by atoms with Gasteiger partial charge in [-0.25, -0.2) is 0 Å². The van der Waals surface area contributed by atoms with E-state index in [1.807, 2.05) is 31.2 Å². The number of benzene rings is 1. The van der Waals surface area contributed by atoms with Crippen LogP contribution in [0.25, 0.3) is 0 Å². The summed E-state index contributed by atoms with van der Waals surface area (Å²) in [5.41, 5.74) is 1.22. The molecule has 1 rings (SSSR count). The predicted molar refractivity (Wildman–Crippen MR) is 85.1 cm³/mol. The van der Waals surface area contributed by atoms with E-state index in [0.29, 0.717) is 5.92 Å². The molecule has 0 aliphatic heterocycles. The van der Waals surface area contributed by atoms with E-state index in [2.05, 4.69) is 24.5 Å². The molecular weight excluding hydrogens is 272 g/mol. The van der Waals surface area contributed by atoms with Gasteiger partial charge in [-0.2, -0.15) is 0 Å². The molecule has 4 heteroatoms. The minimum absolute atomic E-state index is 0.0711. The molecule has 112 valence electrons. The highest BCUT2D eigenvalue weighted by atomic mass is 35.5. The Hall–Kier alpha value is -1.06. The highest BCUT2D eigenvalue weighted by molar-refractivity contribution is 6.30. The van der Waals surface area contributed by atoms with Crippen LogP contribution in [0.5, 0.6) is 0 Å². The molecule has 1 unspecified atom stereocenters. The van der Waals surface area contributed by atoms with Gasteiger partial charge in [-0.15, -0.1) is 0 Å². The fraction of sp³-hybridized carbons (Fsp3) is 0.562. The van der Waals surface area contributed by atoms with Crippen LogP contribution in [0.2, 0.25) is 5.02 Å². The van der Waals surface area contributed by atoms with Crippen LogP contribution in [0.3, 0.4) is 0 Å². The summed E-state index contributed by atoms with van der Waals surface area (Å²) in [6.45, 7) is 7.73. The van der Waals surface area contributed by atoms with Crippen LogP contribution in [-0.4, -0.2) is 25.0 Å². The van der Waals surface area contributed by atoms with Crippen LogP contribution >= 0.6 is 11.6 Å². The average molecular weight is 297 g/mol. The van der Waals surface area contributed by atoms with Gasteiger partial charge in [-0.1, -0.05) is 37.6 Å². The summed E-state index contributed by atoms with van der Waals surface area (Å²) in [5, 5.41) is 6.94. The first-order valence-electron chi connectivity index (χ1n) is 7.24. The SMILES string of the molecule is CC(C)CCNC(=O)C(C)NCCc1ccc(Cl)cc1. The Kier molecular flexibility index (Phi) is 7.63. The number of carbonyl (C=O) groups is 1. The van der Waals surface area contributed by atoms with Crippen molar-refractivity contribution in [2.75, 3.05) is 13.1 Å². The molecule has 1 atom stereocenters. The number of hydrogen-bond acceptors (Lipinski definition) is 2. The smallest absolute Gasteiger partial charge is 0.236 e. The van der Waals surface area contributed by atoms with Crippen LogP contribution in [0.1, 0.15) is 32.8 Å². The number of amides is 1. The first-order valence-corrected chi connectivity index (χ1v) is 7.62. The minimum atomic E-state index is -0.158. The summed E-state index contributed by atoms with van der Waals surface area (Å²) in [6.07, 6.45) is 1.91. The summed E-state index contributed by atoms with van der Waals surface area (Å²) < 4.78 is 0. The molecule has 1 amide bonds. The van der Waals surface area contributed by atoms with E-state index in [0.717, 1.165) is 31.0 Å². The fourth-order valence-corrected chi connectivity index (χ4v) is 1.94. The molecular formula is C16H25ClN2O. The van der Waals surface area contributed by atoms with E-state index in [1.54, 1.807) is 0 Å². The highest BCUT2D eigenvalue weighted by Crippen LogP contribution is 2.09. The Morgan fingerprint density at radius 3 is 2.40 bits per heavy atom. The van der Waals surface area contributed by atoms with Gasteiger partial charge in [0.05, 0.1) is 6.04 Å². The summed E-state index contributed by atoms with van der Waals surface area (Å²) in [7, 11) is 0. The van der Waals surface area contributed by atoms with Crippen LogP contribution in [0, 0.1) is 5.92 Å². The van der Waals surface area contributed by atoms with Gasteiger partial charge in [-0.3, -0.25) is 4.79 Å². The lowest BCUT2D eigenvalue weighted by Gasteiger charge is -2.14. The van der Waals surface area contributed by atoms with E-state index in [-0.39, 0.29) is 11.9 Å². The lowest BCUT2D eigenvalue weighted by atomic mass is 10.1. The molecule has 0 spiro atoms. The van der Waals surface area contributed by atoms with Crippen molar-refractivity contribution in [2.45, 2.75) is 39.7 Å². The number of halogens is 1. The van der Waals surface area contributed by atoms with Crippen LogP contribution < -0.4 is 10.6 Å². The first kappa shape index (κ1) is 17.0. The summed E-state index contributed by atoms with van der Waals surface area (Å²) >= 11 is 5.84. The molecule has 3 nitrogen and oxygen atoms in total. The number of carbonyl (C=O) groups excluding carboxylic acids is 1. The Morgan fingerprint density at radius 1 is 1.15 bits per heavy atom. The summed E-state index contributed by atoms with van der Waals surface area (Å²) in [6, 6.07) is 7.64. The van der Waals surface area contributed by atoms with Gasteiger partial charge in [0.2, 0.25) is 5.91 Å². The molecule has 0 aromatic heterocycles. The first-order chi connectivity index (χ1) is 9.49. The van der Waals surface area contributed by atoms with Gasteiger partial charge < -0.3 is 10.6 Å². The third-order valence-electron chi connectivity index (χ3n) is 3.19. The van der Waals surface area contributed by atoms with Gasteiger partial charge in [0.25, 0.3) is 0 Å². The van der Waals surface area contributed by atoms with Crippen LogP contribution in [-0.2, 0) is 11.2 Å². The van der Waals surface area contributed by atoms with Crippen molar-refractivity contribution in [3.05, 3.63) is 34.9 Å². The van der Waals surface area contributed by atoms with E-state index in [1.165, 1.54) is 5.56 Å². The normalized spacial score (nSPS) is 12.4. The van der Waals surface area contributed by atoms with Gasteiger partial charge in [0.1, 0.15) is 0 Å². The maximum Gasteiger partial charge on any atom is 0.236 e. The second kappa shape index (κ2) is 8.98. The molecule has 0 saturated heterocycles. The van der Waals surface area contributed by atoms with Crippen molar-refractivity contribution >= 4 is 17.5 Å². The second-order valence-electron chi connectivity index (χ2n) is 5.53. The molecule has 20 heavy (non-hydrogen) atoms. The lowest BCUT2D eigenvalue weighted by molar-refractivity contribution is -0.122. The van der Waals surface area contributed by atoms with Crippen molar-refractivity contribution < 1.29 is 4.79 Å². The van der Waals surface area contributed by atoms with Crippen LogP contribution in [0.15, 0.2) is 24.3 Å². The minimum Gasteiger partial charge on any atom is -0.355 e. The lowest BCUT2D eigenvalue weighted by Crippen LogP contribution is -2.43. The molecule has 1 aromatic rings. The molecule has 0 bridgehead atoms. The molecule has 2 N–H and O–H groups in total. The molecule has 0 radical (unpaired) electrons. The van der Waals surface area contributed by atoms with Crippen molar-refractivity contribution in [3.8, 4) is 0 Å². The zero-order chi connectivity index (χ0) is 15.0. The predicted octanol–water partition coefficient (Wildman–Crippen LogP) is 3.02. The highest BCUT2D eigenvalue weighted by Gasteiger charge is 2.11. The van der Waals surface area contributed by atoms with Crippen molar-refractivity contribution in [1.82, 2.24) is 10.6 Å². The van der Waals surface area contributed by atoms with Crippen molar-refractivity contribution in [2.24, 2.45) is 5.92 Å². The Morgan fingerprint density at radius 2 is 1.80 bits per heavy atom. The van der Waals surface area contributed by atoms with E-state index in [4.69, 9.17) is 11.6 Å². The quantitative estimate of drug-likeness (QED) is 0.774. The second-order valence-corrected chi connectivity index (χ2v) is 5.96. The van der Waals surface area contributed by atoms with Gasteiger partial charge in [-0.05, 0) is 49.9 Å². The maximum absolute atomic E-state index is 11.8. The van der Waals surface area contributed by atoms with Gasteiger partial charge in [0, 0.05) is 11.6 Å². The van der Waals surface area contributed by atoms with Crippen molar-refractivity contribution in [3.63, 3.8) is 0 Å². The number of rotatable bonds is 8. The zero-order valence-electron chi connectivity index (χ0n) is 12.6. The molecule has 0 aliphatic rings. The monoisotopic (exact) mass is 296 g/mol. The standard InChI is InChI=1S/C16H25ClN2O/c1-12(2)8-10-19-16(20)13(3)18-11-9-14-4-6-15(17)7-5-14/h4-7,12-13,18H,8-11H2,1-3H3,(H,19,20). The van der Waals surface area contributed by atoms with Crippen molar-refractivity contribution in [1.29, 1.82) is 0 Å². The third kappa shape index (κ3) is 6.92. The largest absolute Gasteiger partial charge is 0.355 e. The maximum atomic E-state index is 11.8. The average Bonchev–Trinajstić information content (AvgIpc) is 2.40. The Labute approximate surface area is 127 Å². The van der Waals surface area contributed by atoms with Gasteiger partial charge in [0.15, 0.2) is 0 Å². The summed E-state index contributed by atoms with van der Waals surface area (Å²) in [4.78, 5) is 11.8. The van der Waals surface area contributed by atoms with Gasteiger partial charge >= 0.3 is 0 Å². The molecule has 0 heterocycles.